The lowest BCUT2D eigenvalue weighted by Crippen LogP contribution is -2.12. The number of non-ortho nitro benzene ring substituents is 1. The molecule has 0 radical (unpaired) electrons. The van der Waals surface area contributed by atoms with E-state index in [0.717, 1.165) is 0 Å². The van der Waals surface area contributed by atoms with Gasteiger partial charge in [-0.3, -0.25) is 14.8 Å². The molecule has 0 aliphatic heterocycles. The van der Waals surface area contributed by atoms with Crippen LogP contribution in [0, 0.1) is 10.1 Å². The SMILES string of the molecule is O=c1cc(Nc2ccc(NS(=O)(=O)c3ccc(Cl)cc3)cc2)c2cc([N+](=O)[O-])ccc2o1. The largest absolute Gasteiger partial charge is 0.423 e. The van der Waals surface area contributed by atoms with Gasteiger partial charge in [-0.05, 0) is 54.6 Å². The molecule has 32 heavy (non-hydrogen) atoms. The average molecular weight is 472 g/mol. The van der Waals surface area contributed by atoms with Crippen molar-refractivity contribution in [2.24, 2.45) is 0 Å². The molecule has 0 saturated carbocycles. The van der Waals surface area contributed by atoms with E-state index < -0.39 is 20.6 Å². The fraction of sp³-hybridized carbons (Fsp3) is 0. The fourth-order valence-electron chi connectivity index (χ4n) is 2.97. The smallest absolute Gasteiger partial charge is 0.338 e. The molecule has 4 rings (SSSR count). The maximum atomic E-state index is 12.5. The van der Waals surface area contributed by atoms with Crippen molar-refractivity contribution < 1.29 is 17.8 Å². The van der Waals surface area contributed by atoms with Crippen molar-refractivity contribution in [3.05, 3.63) is 98.4 Å². The molecular weight excluding hydrogens is 458 g/mol. The lowest BCUT2D eigenvalue weighted by Gasteiger charge is -2.11. The Bertz CT molecular complexity index is 1480. The third-order valence-electron chi connectivity index (χ3n) is 4.48. The molecule has 2 N–H and O–H groups in total. The zero-order chi connectivity index (χ0) is 22.9. The first-order chi connectivity index (χ1) is 15.2. The van der Waals surface area contributed by atoms with E-state index in [1.165, 1.54) is 60.7 Å². The van der Waals surface area contributed by atoms with E-state index in [4.69, 9.17) is 16.0 Å². The van der Waals surface area contributed by atoms with E-state index in [1.807, 2.05) is 0 Å². The lowest BCUT2D eigenvalue weighted by atomic mass is 10.1. The van der Waals surface area contributed by atoms with Crippen LogP contribution in [0.25, 0.3) is 11.0 Å². The molecule has 4 aromatic rings. The second-order valence-electron chi connectivity index (χ2n) is 6.68. The Morgan fingerprint density at radius 2 is 1.56 bits per heavy atom. The van der Waals surface area contributed by atoms with Crippen LogP contribution >= 0.6 is 11.6 Å². The van der Waals surface area contributed by atoms with Crippen LogP contribution in [0.1, 0.15) is 0 Å². The van der Waals surface area contributed by atoms with Crippen molar-refractivity contribution in [3.63, 3.8) is 0 Å². The first-order valence-electron chi connectivity index (χ1n) is 9.09. The molecule has 9 nitrogen and oxygen atoms in total. The summed E-state index contributed by atoms with van der Waals surface area (Å²) in [7, 11) is -3.80. The fourth-order valence-corrected chi connectivity index (χ4v) is 4.16. The van der Waals surface area contributed by atoms with Gasteiger partial charge in [0.15, 0.2) is 0 Å². The molecule has 162 valence electrons. The number of nitro groups is 1. The number of hydrogen-bond donors (Lipinski definition) is 2. The van der Waals surface area contributed by atoms with Crippen LogP contribution in [0.2, 0.25) is 5.02 Å². The summed E-state index contributed by atoms with van der Waals surface area (Å²) < 4.78 is 32.5. The van der Waals surface area contributed by atoms with Gasteiger partial charge >= 0.3 is 5.63 Å². The summed E-state index contributed by atoms with van der Waals surface area (Å²) in [6.45, 7) is 0. The third kappa shape index (κ3) is 4.56. The summed E-state index contributed by atoms with van der Waals surface area (Å²) in [6.07, 6.45) is 0. The van der Waals surface area contributed by atoms with Crippen LogP contribution in [0.15, 0.2) is 86.9 Å². The van der Waals surface area contributed by atoms with Crippen LogP contribution < -0.4 is 15.7 Å². The monoisotopic (exact) mass is 471 g/mol. The Hall–Kier alpha value is -3.89. The molecule has 0 atom stereocenters. The Balaban J connectivity index is 1.59. The van der Waals surface area contributed by atoms with Crippen molar-refractivity contribution in [1.29, 1.82) is 0 Å². The molecule has 0 fully saturated rings. The summed E-state index contributed by atoms with van der Waals surface area (Å²) in [5, 5.41) is 14.9. The first kappa shape index (κ1) is 21.3. The van der Waals surface area contributed by atoms with Crippen molar-refractivity contribution in [2.45, 2.75) is 4.90 Å². The number of nitro benzene ring substituents is 1. The van der Waals surface area contributed by atoms with E-state index in [1.54, 1.807) is 12.1 Å². The number of nitrogens with one attached hydrogen (secondary N) is 2. The van der Waals surface area contributed by atoms with Crippen LogP contribution in [0.3, 0.4) is 0 Å². The zero-order valence-electron chi connectivity index (χ0n) is 16.1. The van der Waals surface area contributed by atoms with Crippen LogP contribution in [-0.4, -0.2) is 13.3 Å². The van der Waals surface area contributed by atoms with Gasteiger partial charge in [0.25, 0.3) is 15.7 Å². The minimum atomic E-state index is -3.80. The van der Waals surface area contributed by atoms with Gasteiger partial charge in [0, 0.05) is 40.0 Å². The second kappa shape index (κ2) is 8.33. The standard InChI is InChI=1S/C21H14ClN3O6S/c22-13-1-8-17(9-2-13)32(29,30)24-15-5-3-14(4-6-15)23-19-12-21(26)31-20-10-7-16(25(27)28)11-18(19)20/h1-12,23-24H. The lowest BCUT2D eigenvalue weighted by molar-refractivity contribution is -0.384. The minimum absolute atomic E-state index is 0.0631. The molecule has 0 saturated heterocycles. The molecule has 3 aromatic carbocycles. The van der Waals surface area contributed by atoms with Gasteiger partial charge in [-0.15, -0.1) is 0 Å². The number of anilines is 3. The topological polar surface area (TPSA) is 132 Å². The van der Waals surface area contributed by atoms with E-state index in [-0.39, 0.29) is 16.2 Å². The van der Waals surface area contributed by atoms with Gasteiger partial charge < -0.3 is 9.73 Å². The number of rotatable bonds is 6. The third-order valence-corrected chi connectivity index (χ3v) is 6.13. The summed E-state index contributed by atoms with van der Waals surface area (Å²) in [4.78, 5) is 22.5. The van der Waals surface area contributed by atoms with Gasteiger partial charge in [0.2, 0.25) is 0 Å². The quantitative estimate of drug-likeness (QED) is 0.232. The minimum Gasteiger partial charge on any atom is -0.423 e. The van der Waals surface area contributed by atoms with Gasteiger partial charge in [0.1, 0.15) is 5.58 Å². The summed E-state index contributed by atoms with van der Waals surface area (Å²) in [5.74, 6) is 0. The Labute approximate surface area is 186 Å². The molecule has 0 amide bonds. The van der Waals surface area contributed by atoms with Crippen LogP contribution in [0.5, 0.6) is 0 Å². The summed E-state index contributed by atoms with van der Waals surface area (Å²) >= 11 is 5.80. The number of sulfonamides is 1. The highest BCUT2D eigenvalue weighted by Crippen LogP contribution is 2.29. The highest BCUT2D eigenvalue weighted by atomic mass is 35.5. The maximum absolute atomic E-state index is 12.5. The Kier molecular flexibility index (Phi) is 5.56. The highest BCUT2D eigenvalue weighted by molar-refractivity contribution is 7.92. The second-order valence-corrected chi connectivity index (χ2v) is 8.80. The van der Waals surface area contributed by atoms with E-state index >= 15 is 0 Å². The van der Waals surface area contributed by atoms with Crippen molar-refractivity contribution in [3.8, 4) is 0 Å². The predicted molar refractivity (Wildman–Crippen MR) is 121 cm³/mol. The number of nitrogens with zero attached hydrogens (tertiary/aromatic N) is 1. The van der Waals surface area contributed by atoms with Gasteiger partial charge in [0.05, 0.1) is 15.5 Å². The zero-order valence-corrected chi connectivity index (χ0v) is 17.7. The summed E-state index contributed by atoms with van der Waals surface area (Å²) in [5.41, 5.74) is 0.575. The maximum Gasteiger partial charge on any atom is 0.338 e. The Morgan fingerprint density at radius 3 is 2.22 bits per heavy atom. The molecule has 11 heteroatoms. The number of benzene rings is 3. The highest BCUT2D eigenvalue weighted by Gasteiger charge is 2.15. The molecule has 0 unspecified atom stereocenters. The number of halogens is 1. The van der Waals surface area contributed by atoms with E-state index in [9.17, 15) is 23.3 Å². The molecular formula is C21H14ClN3O6S. The molecule has 0 aliphatic rings. The van der Waals surface area contributed by atoms with E-state index in [2.05, 4.69) is 10.0 Å². The summed E-state index contributed by atoms with van der Waals surface area (Å²) in [6, 6.07) is 17.1. The first-order valence-corrected chi connectivity index (χ1v) is 11.0. The molecule has 1 heterocycles. The van der Waals surface area contributed by atoms with Crippen molar-refractivity contribution in [2.75, 3.05) is 10.0 Å². The van der Waals surface area contributed by atoms with Crippen molar-refractivity contribution in [1.82, 2.24) is 0 Å². The number of hydrogen-bond acceptors (Lipinski definition) is 7. The molecule has 0 aliphatic carbocycles. The number of fused-ring (bicyclic) bond motifs is 1. The predicted octanol–water partition coefficient (Wildman–Crippen LogP) is 4.90. The van der Waals surface area contributed by atoms with Crippen LogP contribution in [-0.2, 0) is 10.0 Å². The van der Waals surface area contributed by atoms with Gasteiger partial charge in [-0.2, -0.15) is 0 Å². The van der Waals surface area contributed by atoms with Crippen molar-refractivity contribution >= 4 is 55.3 Å². The average Bonchev–Trinajstić information content (AvgIpc) is 2.75. The van der Waals surface area contributed by atoms with Crippen LogP contribution in [0.4, 0.5) is 22.7 Å². The Morgan fingerprint density at radius 1 is 0.906 bits per heavy atom. The molecule has 0 bridgehead atoms. The van der Waals surface area contributed by atoms with Gasteiger partial charge in [-0.1, -0.05) is 11.6 Å². The normalized spacial score (nSPS) is 11.3. The van der Waals surface area contributed by atoms with E-state index in [0.29, 0.717) is 27.5 Å². The molecule has 0 spiro atoms. The molecule has 1 aromatic heterocycles. The van der Waals surface area contributed by atoms with Gasteiger partial charge in [-0.25, -0.2) is 13.2 Å².